The van der Waals surface area contributed by atoms with Crippen molar-refractivity contribution in [3.05, 3.63) is 84.1 Å². The fourth-order valence-electron chi connectivity index (χ4n) is 2.31. The molecule has 0 aliphatic rings. The smallest absolute Gasteiger partial charge is 0.324 e. The Morgan fingerprint density at radius 1 is 0.857 bits per heavy atom. The van der Waals surface area contributed by atoms with E-state index in [1.807, 2.05) is 12.3 Å². The van der Waals surface area contributed by atoms with Gasteiger partial charge in [-0.15, -0.1) is 0 Å². The highest BCUT2D eigenvalue weighted by molar-refractivity contribution is 5.79. The van der Waals surface area contributed by atoms with Crippen LogP contribution in [0.25, 0.3) is 10.9 Å². The van der Waals surface area contributed by atoms with E-state index in [-0.39, 0.29) is 0 Å². The molecule has 0 aliphatic heterocycles. The molecule has 0 saturated carbocycles. The molecule has 3 rings (SSSR count). The molecule has 0 fully saturated rings. The van der Waals surface area contributed by atoms with Gasteiger partial charge in [-0.1, -0.05) is 6.07 Å². The van der Waals surface area contributed by atoms with Crippen molar-refractivity contribution in [2.24, 2.45) is 0 Å². The number of fused-ring (bicyclic) bond motifs is 1. The summed E-state index contributed by atoms with van der Waals surface area (Å²) in [5.41, 5.74) is 0.718. The van der Waals surface area contributed by atoms with Crippen LogP contribution in [0.3, 0.4) is 0 Å². The van der Waals surface area contributed by atoms with E-state index in [2.05, 4.69) is 37.0 Å². The van der Waals surface area contributed by atoms with E-state index in [0.29, 0.717) is 12.1 Å². The molecule has 0 aliphatic carbocycles. The van der Waals surface area contributed by atoms with E-state index >= 15 is 0 Å². The summed E-state index contributed by atoms with van der Waals surface area (Å²) in [7, 11) is 0. The zero-order chi connectivity index (χ0) is 21.0. The molecular formula is C17H14N4O7. The van der Waals surface area contributed by atoms with Crippen LogP contribution in [0.4, 0.5) is 17.1 Å². The Morgan fingerprint density at radius 3 is 1.89 bits per heavy atom. The Morgan fingerprint density at radius 2 is 1.39 bits per heavy atom. The zero-order valence-electron chi connectivity index (χ0n) is 14.7. The van der Waals surface area contributed by atoms with Crippen molar-refractivity contribution in [1.29, 1.82) is 0 Å². The van der Waals surface area contributed by atoms with Crippen LogP contribution in [-0.4, -0.2) is 24.9 Å². The van der Waals surface area contributed by atoms with Gasteiger partial charge in [0, 0.05) is 11.6 Å². The number of rotatable bonds is 3. The number of nitrogens with zero attached hydrogens (tertiary/aromatic N) is 4. The molecule has 2 aromatic carbocycles. The number of non-ortho nitro benzene ring substituents is 1. The number of aromatic hydroxyl groups is 1. The quantitative estimate of drug-likeness (QED) is 0.522. The normalized spacial score (nSPS) is 10.1. The largest absolute Gasteiger partial charge is 0.497 e. The van der Waals surface area contributed by atoms with Crippen molar-refractivity contribution in [2.45, 2.75) is 13.8 Å². The molecule has 0 unspecified atom stereocenters. The second kappa shape index (κ2) is 8.03. The van der Waals surface area contributed by atoms with Gasteiger partial charge in [0.15, 0.2) is 0 Å². The average Bonchev–Trinajstić information content (AvgIpc) is 2.62. The molecule has 3 aromatic rings. The third-order valence-electron chi connectivity index (χ3n) is 3.88. The molecule has 0 bridgehead atoms. The minimum atomic E-state index is -1.21. The van der Waals surface area contributed by atoms with E-state index in [1.165, 1.54) is 16.5 Å². The summed E-state index contributed by atoms with van der Waals surface area (Å²) in [5, 5.41) is 41.4. The van der Waals surface area contributed by atoms with Gasteiger partial charge >= 0.3 is 11.4 Å². The van der Waals surface area contributed by atoms with Gasteiger partial charge in [0.2, 0.25) is 0 Å². The van der Waals surface area contributed by atoms with Crippen LogP contribution in [-0.2, 0) is 0 Å². The molecule has 0 spiro atoms. The summed E-state index contributed by atoms with van der Waals surface area (Å²) >= 11 is 0. The average molecular weight is 386 g/mol. The van der Waals surface area contributed by atoms with Crippen molar-refractivity contribution >= 4 is 28.0 Å². The van der Waals surface area contributed by atoms with Crippen LogP contribution < -0.4 is 0 Å². The van der Waals surface area contributed by atoms with Crippen LogP contribution in [0, 0.1) is 44.2 Å². The maximum absolute atomic E-state index is 10.4. The Hall–Kier alpha value is -4.15. The number of benzene rings is 2. The maximum atomic E-state index is 10.4. The molecule has 0 radical (unpaired) electrons. The summed E-state index contributed by atoms with van der Waals surface area (Å²) in [5.74, 6) is -1.21. The van der Waals surface area contributed by atoms with Gasteiger partial charge in [-0.3, -0.25) is 35.3 Å². The molecular weight excluding hydrogens is 372 g/mol. The molecule has 1 heterocycles. The molecule has 1 aromatic heterocycles. The number of nitro groups is 3. The van der Waals surface area contributed by atoms with E-state index in [0.717, 1.165) is 5.52 Å². The third-order valence-corrected chi connectivity index (χ3v) is 3.88. The third kappa shape index (κ3) is 4.33. The Bertz CT molecular complexity index is 1020. The highest BCUT2D eigenvalue weighted by Gasteiger charge is 2.30. The number of hydrogen-bond donors (Lipinski definition) is 1. The van der Waals surface area contributed by atoms with Crippen molar-refractivity contribution in [3.8, 4) is 5.75 Å². The molecule has 1 N–H and O–H groups in total. The summed E-state index contributed by atoms with van der Waals surface area (Å²) in [4.78, 5) is 32.1. The minimum Gasteiger partial charge on any atom is -0.497 e. The number of phenolic OH excluding ortho intramolecular Hbond substituents is 1. The first-order valence-corrected chi connectivity index (χ1v) is 7.74. The summed E-state index contributed by atoms with van der Waals surface area (Å²) in [6.45, 7) is 4.24. The maximum Gasteiger partial charge on any atom is 0.324 e. The highest BCUT2D eigenvalue weighted by atomic mass is 16.6. The van der Waals surface area contributed by atoms with Crippen molar-refractivity contribution in [1.82, 2.24) is 4.98 Å². The monoisotopic (exact) mass is 386 g/mol. The van der Waals surface area contributed by atoms with Gasteiger partial charge in [-0.2, -0.15) is 0 Å². The van der Waals surface area contributed by atoms with Gasteiger partial charge in [0.25, 0.3) is 11.4 Å². The van der Waals surface area contributed by atoms with Gasteiger partial charge in [0.1, 0.15) is 0 Å². The lowest BCUT2D eigenvalue weighted by molar-refractivity contribution is -0.404. The molecule has 0 saturated heterocycles. The van der Waals surface area contributed by atoms with Crippen LogP contribution in [0.15, 0.2) is 42.6 Å². The highest BCUT2D eigenvalue weighted by Crippen LogP contribution is 2.38. The first-order chi connectivity index (χ1) is 13.1. The number of nitro benzene ring substituents is 3. The fraction of sp³-hybridized carbons (Fsp3) is 0.118. The minimum absolute atomic E-state index is 0.447. The van der Waals surface area contributed by atoms with Crippen molar-refractivity contribution in [3.63, 3.8) is 0 Å². The van der Waals surface area contributed by atoms with E-state index in [9.17, 15) is 30.3 Å². The molecule has 11 heteroatoms. The molecule has 11 nitrogen and oxygen atoms in total. The Kier molecular flexibility index (Phi) is 5.79. The number of aromatic nitrogens is 1. The first-order valence-electron chi connectivity index (χ1n) is 7.74. The second-order valence-corrected chi connectivity index (χ2v) is 5.74. The molecule has 144 valence electrons. The van der Waals surface area contributed by atoms with Gasteiger partial charge in [-0.25, -0.2) is 0 Å². The van der Waals surface area contributed by atoms with Crippen molar-refractivity contribution in [2.75, 3.05) is 0 Å². The predicted octanol–water partition coefficient (Wildman–Crippen LogP) is 3.97. The molecule has 28 heavy (non-hydrogen) atoms. The van der Waals surface area contributed by atoms with Crippen molar-refractivity contribution < 1.29 is 19.9 Å². The summed E-state index contributed by atoms with van der Waals surface area (Å²) < 4.78 is 0. The standard InChI is InChI=1S/C11H11N.C6H3N3O7/c1-8-6-10-4-3-5-12-11(10)7-9(8)2;10-6-4(8(13)14)1-3(7(11)12)2-5(6)9(15)16/h3-7H,1-2H3;1-2,10H. The fourth-order valence-corrected chi connectivity index (χ4v) is 2.31. The van der Waals surface area contributed by atoms with E-state index < -0.39 is 37.6 Å². The Labute approximate surface area is 157 Å². The SMILES string of the molecule is Cc1cc2cccnc2cc1C.O=[N+]([O-])c1cc([N+](=O)[O-])c(O)c([N+](=O)[O-])c1. The lowest BCUT2D eigenvalue weighted by Gasteiger charge is -2.01. The zero-order valence-corrected chi connectivity index (χ0v) is 14.7. The predicted molar refractivity (Wildman–Crippen MR) is 99.3 cm³/mol. The van der Waals surface area contributed by atoms with Gasteiger partial charge in [-0.05, 0) is 43.2 Å². The van der Waals surface area contributed by atoms with Crippen LogP contribution in [0.5, 0.6) is 5.75 Å². The van der Waals surface area contributed by atoms with Crippen LogP contribution in [0.2, 0.25) is 0 Å². The summed E-state index contributed by atoms with van der Waals surface area (Å²) in [6.07, 6.45) is 1.83. The molecule has 0 atom stereocenters. The van der Waals surface area contributed by atoms with Crippen LogP contribution in [0.1, 0.15) is 11.1 Å². The van der Waals surface area contributed by atoms with E-state index in [4.69, 9.17) is 5.11 Å². The number of aryl methyl sites for hydroxylation is 2. The first kappa shape index (κ1) is 20.2. The lowest BCUT2D eigenvalue weighted by atomic mass is 10.1. The molecule has 0 amide bonds. The second-order valence-electron chi connectivity index (χ2n) is 5.74. The number of hydrogen-bond acceptors (Lipinski definition) is 8. The summed E-state index contributed by atoms with van der Waals surface area (Å²) in [6, 6.07) is 9.26. The Balaban J connectivity index is 0.000000207. The van der Waals surface area contributed by atoms with Crippen LogP contribution >= 0.6 is 0 Å². The lowest BCUT2D eigenvalue weighted by Crippen LogP contribution is -1.97. The van der Waals surface area contributed by atoms with Gasteiger partial charge in [0.05, 0.1) is 32.4 Å². The number of pyridine rings is 1. The number of phenols is 1. The van der Waals surface area contributed by atoms with E-state index in [1.54, 1.807) is 0 Å². The van der Waals surface area contributed by atoms with Gasteiger partial charge < -0.3 is 5.11 Å². The topological polar surface area (TPSA) is 163 Å².